The third kappa shape index (κ3) is 3.97. The van der Waals surface area contributed by atoms with Crippen molar-refractivity contribution < 1.29 is 9.47 Å². The summed E-state index contributed by atoms with van der Waals surface area (Å²) in [5.41, 5.74) is 8.17. The Balaban J connectivity index is 1.98. The average molecular weight is 277 g/mol. The van der Waals surface area contributed by atoms with Gasteiger partial charge in [-0.15, -0.1) is 0 Å². The van der Waals surface area contributed by atoms with Crippen LogP contribution in [0.3, 0.4) is 0 Å². The Kier molecular flexibility index (Phi) is 5.44. The first-order chi connectivity index (χ1) is 9.60. The highest BCUT2D eigenvalue weighted by atomic mass is 16.5. The van der Waals surface area contributed by atoms with Crippen LogP contribution in [0.5, 0.6) is 5.75 Å². The second-order valence-electron chi connectivity index (χ2n) is 6.05. The molecule has 0 bridgehead atoms. The predicted molar refractivity (Wildman–Crippen MR) is 81.8 cm³/mol. The van der Waals surface area contributed by atoms with E-state index in [0.717, 1.165) is 22.8 Å². The van der Waals surface area contributed by atoms with Gasteiger partial charge < -0.3 is 15.2 Å². The van der Waals surface area contributed by atoms with Gasteiger partial charge in [0.1, 0.15) is 5.75 Å². The van der Waals surface area contributed by atoms with Crippen molar-refractivity contribution in [2.24, 2.45) is 11.7 Å². The molecule has 1 aromatic rings. The molecule has 0 aliphatic heterocycles. The molecule has 2 N–H and O–H groups in total. The Morgan fingerprint density at radius 2 is 1.95 bits per heavy atom. The smallest absolute Gasteiger partial charge is 0.124 e. The van der Waals surface area contributed by atoms with Crippen molar-refractivity contribution in [3.8, 4) is 5.75 Å². The van der Waals surface area contributed by atoms with Crippen LogP contribution in [0.25, 0.3) is 0 Å². The van der Waals surface area contributed by atoms with E-state index in [-0.39, 0.29) is 6.04 Å². The fourth-order valence-electron chi connectivity index (χ4n) is 2.80. The first kappa shape index (κ1) is 15.3. The fourth-order valence-corrected chi connectivity index (χ4v) is 2.80. The van der Waals surface area contributed by atoms with E-state index in [0.29, 0.717) is 12.7 Å². The highest BCUT2D eigenvalue weighted by Gasteiger charge is 2.19. The van der Waals surface area contributed by atoms with Gasteiger partial charge in [-0.05, 0) is 56.2 Å². The van der Waals surface area contributed by atoms with Gasteiger partial charge >= 0.3 is 0 Å². The first-order valence-electron chi connectivity index (χ1n) is 7.64. The normalized spacial score (nSPS) is 24.4. The lowest BCUT2D eigenvalue weighted by molar-refractivity contribution is 0.00799. The van der Waals surface area contributed by atoms with E-state index >= 15 is 0 Å². The van der Waals surface area contributed by atoms with Gasteiger partial charge in [0.05, 0.1) is 19.8 Å². The molecule has 1 atom stereocenters. The number of nitrogens with two attached hydrogens (primary N) is 1. The maximum absolute atomic E-state index is 6.07. The van der Waals surface area contributed by atoms with E-state index in [9.17, 15) is 0 Å². The molecule has 0 saturated heterocycles. The third-order valence-corrected chi connectivity index (χ3v) is 4.27. The molecule has 1 aliphatic carbocycles. The van der Waals surface area contributed by atoms with Crippen LogP contribution in [0, 0.1) is 5.92 Å². The molecule has 1 aromatic carbocycles. The zero-order chi connectivity index (χ0) is 14.5. The largest absolute Gasteiger partial charge is 0.496 e. The molecule has 0 radical (unpaired) electrons. The van der Waals surface area contributed by atoms with Gasteiger partial charge in [-0.25, -0.2) is 0 Å². The lowest BCUT2D eigenvalue weighted by Crippen LogP contribution is -2.20. The molecule has 0 heterocycles. The Bertz CT molecular complexity index is 423. The minimum Gasteiger partial charge on any atom is -0.496 e. The number of hydrogen-bond acceptors (Lipinski definition) is 3. The van der Waals surface area contributed by atoms with Crippen LogP contribution in [0.2, 0.25) is 0 Å². The molecule has 3 heteroatoms. The summed E-state index contributed by atoms with van der Waals surface area (Å²) in [7, 11) is 1.70. The van der Waals surface area contributed by atoms with Gasteiger partial charge in [0.15, 0.2) is 0 Å². The van der Waals surface area contributed by atoms with Crippen molar-refractivity contribution in [1.29, 1.82) is 0 Å². The maximum atomic E-state index is 6.07. The van der Waals surface area contributed by atoms with Crippen LogP contribution in [0.15, 0.2) is 18.2 Å². The zero-order valence-electron chi connectivity index (χ0n) is 12.9. The zero-order valence-corrected chi connectivity index (χ0v) is 12.9. The molecule has 20 heavy (non-hydrogen) atoms. The van der Waals surface area contributed by atoms with Gasteiger partial charge in [-0.3, -0.25) is 0 Å². The summed E-state index contributed by atoms with van der Waals surface area (Å²) < 4.78 is 11.5. The Labute approximate surface area is 122 Å². The molecule has 0 spiro atoms. The number of rotatable bonds is 5. The predicted octanol–water partition coefficient (Wildman–Crippen LogP) is 3.81. The first-order valence-corrected chi connectivity index (χ1v) is 7.64. The van der Waals surface area contributed by atoms with E-state index in [1.807, 2.05) is 19.1 Å². The molecule has 0 aromatic heterocycles. The Hall–Kier alpha value is -1.06. The molecule has 2 rings (SSSR count). The van der Waals surface area contributed by atoms with Crippen molar-refractivity contribution in [3.05, 3.63) is 29.3 Å². The molecule has 112 valence electrons. The van der Waals surface area contributed by atoms with E-state index in [4.69, 9.17) is 15.2 Å². The number of benzene rings is 1. The van der Waals surface area contributed by atoms with E-state index in [1.165, 1.54) is 25.7 Å². The van der Waals surface area contributed by atoms with Crippen molar-refractivity contribution in [3.63, 3.8) is 0 Å². The van der Waals surface area contributed by atoms with E-state index in [2.05, 4.69) is 13.0 Å². The van der Waals surface area contributed by atoms with Crippen LogP contribution >= 0.6 is 0 Å². The summed E-state index contributed by atoms with van der Waals surface area (Å²) in [5, 5.41) is 0. The van der Waals surface area contributed by atoms with Gasteiger partial charge in [0.2, 0.25) is 0 Å². The SMILES string of the molecule is COc1ccc(C(C)N)cc1COC1CCC(C)CC1. The van der Waals surface area contributed by atoms with Crippen molar-refractivity contribution in [1.82, 2.24) is 0 Å². The topological polar surface area (TPSA) is 44.5 Å². The monoisotopic (exact) mass is 277 g/mol. The van der Waals surface area contributed by atoms with Gasteiger partial charge in [0, 0.05) is 11.6 Å². The molecular weight excluding hydrogens is 250 g/mol. The minimum atomic E-state index is 0.0372. The molecule has 1 fully saturated rings. The van der Waals surface area contributed by atoms with Crippen LogP contribution in [0.1, 0.15) is 56.7 Å². The molecule has 1 unspecified atom stereocenters. The number of methoxy groups -OCH3 is 1. The summed E-state index contributed by atoms with van der Waals surface area (Å²) >= 11 is 0. The van der Waals surface area contributed by atoms with Crippen molar-refractivity contribution in [2.45, 2.75) is 58.3 Å². The fraction of sp³-hybridized carbons (Fsp3) is 0.647. The van der Waals surface area contributed by atoms with Crippen molar-refractivity contribution >= 4 is 0 Å². The summed E-state index contributed by atoms with van der Waals surface area (Å²) in [6.07, 6.45) is 5.31. The second kappa shape index (κ2) is 7.09. The Morgan fingerprint density at radius 3 is 2.55 bits per heavy atom. The van der Waals surface area contributed by atoms with E-state index < -0.39 is 0 Å². The standard InChI is InChI=1S/C17H27NO2/c1-12-4-7-16(8-5-12)20-11-15-10-14(13(2)18)6-9-17(15)19-3/h6,9-10,12-13,16H,4-5,7-8,11,18H2,1-3H3. The number of ether oxygens (including phenoxy) is 2. The molecular formula is C17H27NO2. The summed E-state index contributed by atoms with van der Waals surface area (Å²) in [4.78, 5) is 0. The lowest BCUT2D eigenvalue weighted by atomic mass is 9.89. The average Bonchev–Trinajstić information content (AvgIpc) is 2.46. The number of hydrogen-bond donors (Lipinski definition) is 1. The Morgan fingerprint density at radius 1 is 1.25 bits per heavy atom. The molecule has 3 nitrogen and oxygen atoms in total. The van der Waals surface area contributed by atoms with E-state index in [1.54, 1.807) is 7.11 Å². The maximum Gasteiger partial charge on any atom is 0.124 e. The minimum absolute atomic E-state index is 0.0372. The van der Waals surface area contributed by atoms with Crippen LogP contribution in [0.4, 0.5) is 0 Å². The molecule has 1 saturated carbocycles. The highest BCUT2D eigenvalue weighted by Crippen LogP contribution is 2.28. The second-order valence-corrected chi connectivity index (χ2v) is 6.05. The third-order valence-electron chi connectivity index (χ3n) is 4.27. The van der Waals surface area contributed by atoms with Crippen LogP contribution in [-0.4, -0.2) is 13.2 Å². The summed E-state index contributed by atoms with van der Waals surface area (Å²) in [5.74, 6) is 1.74. The molecule has 1 aliphatic rings. The van der Waals surface area contributed by atoms with Gasteiger partial charge in [-0.1, -0.05) is 13.0 Å². The molecule has 0 amide bonds. The summed E-state index contributed by atoms with van der Waals surface area (Å²) in [6.45, 7) is 4.93. The quantitative estimate of drug-likeness (QED) is 0.890. The van der Waals surface area contributed by atoms with Gasteiger partial charge in [0.25, 0.3) is 0 Å². The van der Waals surface area contributed by atoms with Crippen molar-refractivity contribution in [2.75, 3.05) is 7.11 Å². The van der Waals surface area contributed by atoms with Crippen LogP contribution in [-0.2, 0) is 11.3 Å². The van der Waals surface area contributed by atoms with Crippen LogP contribution < -0.4 is 10.5 Å². The highest BCUT2D eigenvalue weighted by molar-refractivity contribution is 5.37. The summed E-state index contributed by atoms with van der Waals surface area (Å²) in [6, 6.07) is 6.15. The lowest BCUT2D eigenvalue weighted by Gasteiger charge is -2.26. The van der Waals surface area contributed by atoms with Gasteiger partial charge in [-0.2, -0.15) is 0 Å².